The Morgan fingerprint density at radius 3 is 2.23 bits per heavy atom. The van der Waals surface area contributed by atoms with E-state index in [0.717, 1.165) is 11.8 Å². The number of carbonyl (C=O) groups is 1. The summed E-state index contributed by atoms with van der Waals surface area (Å²) < 4.78 is 27.7. The molecule has 0 N–H and O–H groups in total. The molecule has 0 saturated carbocycles. The van der Waals surface area contributed by atoms with Crippen LogP contribution < -0.4 is 18.9 Å². The van der Waals surface area contributed by atoms with Crippen LogP contribution in [0.3, 0.4) is 0 Å². The highest BCUT2D eigenvalue weighted by Gasteiger charge is 2.17. The Hall–Kier alpha value is -2.73. The van der Waals surface area contributed by atoms with Gasteiger partial charge in [-0.05, 0) is 32.0 Å². The summed E-state index contributed by atoms with van der Waals surface area (Å²) in [6, 6.07) is 10.8. The minimum Gasteiger partial charge on any atom is -0.492 e. The molecular weight excluding hydrogens is 336 g/mol. The van der Waals surface area contributed by atoms with Gasteiger partial charge < -0.3 is 23.7 Å². The molecule has 0 fully saturated rings. The van der Waals surface area contributed by atoms with Crippen molar-refractivity contribution < 1.29 is 28.5 Å². The summed E-state index contributed by atoms with van der Waals surface area (Å²) in [6.07, 6.45) is 0.435. The first-order valence-electron chi connectivity index (χ1n) is 8.32. The topological polar surface area (TPSA) is 63.2 Å². The van der Waals surface area contributed by atoms with Crippen molar-refractivity contribution >= 4 is 6.29 Å². The summed E-state index contributed by atoms with van der Waals surface area (Å²) in [5, 5.41) is 0. The highest BCUT2D eigenvalue weighted by atomic mass is 16.7. The second-order valence-electron chi connectivity index (χ2n) is 5.38. The molecule has 0 bridgehead atoms. The lowest BCUT2D eigenvalue weighted by atomic mass is 10.1. The van der Waals surface area contributed by atoms with Gasteiger partial charge in [0.1, 0.15) is 0 Å². The van der Waals surface area contributed by atoms with Gasteiger partial charge in [0.05, 0.1) is 32.5 Å². The minimum absolute atomic E-state index is 0.0120. The third-order valence-electron chi connectivity index (χ3n) is 3.82. The smallest absolute Gasteiger partial charge is 0.189 e. The monoisotopic (exact) mass is 360 g/mol. The lowest BCUT2D eigenvalue weighted by molar-refractivity contribution is -0.0312. The molecule has 0 saturated heterocycles. The van der Waals surface area contributed by atoms with Crippen molar-refractivity contribution in [2.24, 2.45) is 0 Å². The van der Waals surface area contributed by atoms with Gasteiger partial charge in [0.2, 0.25) is 0 Å². The van der Waals surface area contributed by atoms with E-state index in [-0.39, 0.29) is 12.9 Å². The van der Waals surface area contributed by atoms with Crippen LogP contribution >= 0.6 is 0 Å². The van der Waals surface area contributed by atoms with Gasteiger partial charge in [0.25, 0.3) is 0 Å². The maximum Gasteiger partial charge on any atom is 0.189 e. The van der Waals surface area contributed by atoms with E-state index in [0.29, 0.717) is 35.2 Å². The Morgan fingerprint density at radius 1 is 0.962 bits per heavy atom. The van der Waals surface area contributed by atoms with Crippen LogP contribution in [0.2, 0.25) is 0 Å². The number of rotatable bonds is 10. The number of methoxy groups -OCH3 is 2. The van der Waals surface area contributed by atoms with E-state index < -0.39 is 0 Å². The van der Waals surface area contributed by atoms with Gasteiger partial charge in [0, 0.05) is 5.56 Å². The van der Waals surface area contributed by atoms with Crippen molar-refractivity contribution in [3.63, 3.8) is 0 Å². The second kappa shape index (κ2) is 9.68. The molecule has 0 spiro atoms. The van der Waals surface area contributed by atoms with Gasteiger partial charge in [-0.2, -0.15) is 0 Å². The highest BCUT2D eigenvalue weighted by molar-refractivity contribution is 5.81. The first kappa shape index (κ1) is 19.6. The van der Waals surface area contributed by atoms with Crippen LogP contribution in [-0.2, 0) is 4.74 Å². The molecule has 6 heteroatoms. The standard InChI is InChI=1S/C20H24O6/c1-5-24-18-11-7-9-16(20(18)23-4)14(2)25-13-26-17-10-6-8-15(12-21)19(17)22-3/h6-12,14H,5,13H2,1-4H3. The molecule has 2 aromatic rings. The van der Waals surface area contributed by atoms with Gasteiger partial charge in [0.15, 0.2) is 36.1 Å². The lowest BCUT2D eigenvalue weighted by Gasteiger charge is -2.19. The molecule has 0 amide bonds. The Balaban J connectivity index is 2.07. The number of benzene rings is 2. The first-order chi connectivity index (χ1) is 12.7. The predicted molar refractivity (Wildman–Crippen MR) is 97.5 cm³/mol. The zero-order valence-corrected chi connectivity index (χ0v) is 15.5. The molecular formula is C20H24O6. The van der Waals surface area contributed by atoms with Crippen LogP contribution in [0.25, 0.3) is 0 Å². The molecule has 0 heterocycles. The quantitative estimate of drug-likeness (QED) is 0.471. The molecule has 140 valence electrons. The predicted octanol–water partition coefficient (Wildman–Crippen LogP) is 4.03. The zero-order chi connectivity index (χ0) is 18.9. The molecule has 0 aliphatic rings. The average molecular weight is 360 g/mol. The van der Waals surface area contributed by atoms with Gasteiger partial charge in [-0.1, -0.05) is 18.2 Å². The third kappa shape index (κ3) is 4.46. The van der Waals surface area contributed by atoms with Crippen molar-refractivity contribution in [2.75, 3.05) is 27.6 Å². The van der Waals surface area contributed by atoms with Crippen molar-refractivity contribution in [2.45, 2.75) is 20.0 Å². The molecule has 2 rings (SSSR count). The normalized spacial score (nSPS) is 11.5. The Bertz CT molecular complexity index is 728. The highest BCUT2D eigenvalue weighted by Crippen LogP contribution is 2.36. The number of hydrogen-bond donors (Lipinski definition) is 0. The Morgan fingerprint density at radius 2 is 1.62 bits per heavy atom. The minimum atomic E-state index is -0.286. The van der Waals surface area contributed by atoms with E-state index >= 15 is 0 Å². The van der Waals surface area contributed by atoms with Crippen LogP contribution in [0.4, 0.5) is 0 Å². The van der Waals surface area contributed by atoms with Crippen LogP contribution in [0, 0.1) is 0 Å². The molecule has 2 aromatic carbocycles. The van der Waals surface area contributed by atoms with E-state index in [2.05, 4.69) is 0 Å². The van der Waals surface area contributed by atoms with Crippen molar-refractivity contribution in [1.82, 2.24) is 0 Å². The number of carbonyl (C=O) groups excluding carboxylic acids is 1. The second-order valence-corrected chi connectivity index (χ2v) is 5.38. The van der Waals surface area contributed by atoms with Crippen molar-refractivity contribution in [1.29, 1.82) is 0 Å². The number of aldehydes is 1. The maximum atomic E-state index is 11.1. The number of hydrogen-bond acceptors (Lipinski definition) is 6. The fourth-order valence-corrected chi connectivity index (χ4v) is 2.59. The Labute approximate surface area is 153 Å². The van der Waals surface area contributed by atoms with Gasteiger partial charge in [-0.25, -0.2) is 0 Å². The van der Waals surface area contributed by atoms with Gasteiger partial charge >= 0.3 is 0 Å². The summed E-state index contributed by atoms with van der Waals surface area (Å²) in [4.78, 5) is 11.1. The van der Waals surface area contributed by atoms with Crippen LogP contribution in [0.15, 0.2) is 36.4 Å². The Kier molecular flexibility index (Phi) is 7.29. The molecule has 0 radical (unpaired) electrons. The van der Waals surface area contributed by atoms with E-state index in [1.54, 1.807) is 25.3 Å². The maximum absolute atomic E-state index is 11.1. The molecule has 0 aliphatic heterocycles. The summed E-state index contributed by atoms with van der Waals surface area (Å²) in [7, 11) is 3.09. The largest absolute Gasteiger partial charge is 0.492 e. The van der Waals surface area contributed by atoms with Crippen LogP contribution in [0.5, 0.6) is 23.0 Å². The molecule has 0 aromatic heterocycles. The van der Waals surface area contributed by atoms with Crippen LogP contribution in [-0.4, -0.2) is 33.9 Å². The fraction of sp³-hybridized carbons (Fsp3) is 0.350. The lowest BCUT2D eigenvalue weighted by Crippen LogP contribution is -2.09. The molecule has 1 unspecified atom stereocenters. The van der Waals surface area contributed by atoms with Crippen LogP contribution in [0.1, 0.15) is 35.9 Å². The molecule has 1 atom stereocenters. The van der Waals surface area contributed by atoms with E-state index in [4.69, 9.17) is 23.7 Å². The number of para-hydroxylation sites is 2. The summed E-state index contributed by atoms with van der Waals surface area (Å²) in [6.45, 7) is 4.35. The molecule has 6 nitrogen and oxygen atoms in total. The summed E-state index contributed by atoms with van der Waals surface area (Å²) in [5.74, 6) is 2.14. The number of ether oxygens (including phenoxy) is 5. The van der Waals surface area contributed by atoms with E-state index in [1.807, 2.05) is 32.0 Å². The fourth-order valence-electron chi connectivity index (χ4n) is 2.59. The van der Waals surface area contributed by atoms with Crippen molar-refractivity contribution in [3.8, 4) is 23.0 Å². The van der Waals surface area contributed by atoms with E-state index in [9.17, 15) is 4.79 Å². The summed E-state index contributed by atoms with van der Waals surface area (Å²) >= 11 is 0. The third-order valence-corrected chi connectivity index (χ3v) is 3.82. The first-order valence-corrected chi connectivity index (χ1v) is 8.32. The zero-order valence-electron chi connectivity index (χ0n) is 15.5. The SMILES string of the molecule is CCOc1cccc(C(C)OCOc2cccc(C=O)c2OC)c1OC. The van der Waals surface area contributed by atoms with Gasteiger partial charge in [-0.3, -0.25) is 4.79 Å². The summed E-state index contributed by atoms with van der Waals surface area (Å²) in [5.41, 5.74) is 1.28. The van der Waals surface area contributed by atoms with Gasteiger partial charge in [-0.15, -0.1) is 0 Å². The molecule has 26 heavy (non-hydrogen) atoms. The average Bonchev–Trinajstić information content (AvgIpc) is 2.67. The van der Waals surface area contributed by atoms with E-state index in [1.165, 1.54) is 7.11 Å². The molecule has 0 aliphatic carbocycles. The van der Waals surface area contributed by atoms with Crippen molar-refractivity contribution in [3.05, 3.63) is 47.5 Å².